The standard InChI is InChI=1S/C12H12F3N3OS/c1-7-9(6-19)11(18(2)17-7)20-10-4-3-8(5-16-10)12(13,14)15/h3-5,19H,6H2,1-2H3. The van der Waals surface area contributed by atoms with Crippen molar-refractivity contribution in [1.82, 2.24) is 14.8 Å². The van der Waals surface area contributed by atoms with Crippen LogP contribution >= 0.6 is 11.8 Å². The van der Waals surface area contributed by atoms with E-state index in [2.05, 4.69) is 10.1 Å². The van der Waals surface area contributed by atoms with E-state index >= 15 is 0 Å². The van der Waals surface area contributed by atoms with Gasteiger partial charge in [0.15, 0.2) is 0 Å². The maximum Gasteiger partial charge on any atom is 0.417 e. The van der Waals surface area contributed by atoms with Crippen molar-refractivity contribution in [3.8, 4) is 0 Å². The van der Waals surface area contributed by atoms with Gasteiger partial charge in [0.2, 0.25) is 0 Å². The fraction of sp³-hybridized carbons (Fsp3) is 0.333. The van der Waals surface area contributed by atoms with Crippen LogP contribution in [0.3, 0.4) is 0 Å². The van der Waals surface area contributed by atoms with Crippen molar-refractivity contribution < 1.29 is 18.3 Å². The van der Waals surface area contributed by atoms with Crippen LogP contribution in [0.1, 0.15) is 16.8 Å². The highest BCUT2D eigenvalue weighted by molar-refractivity contribution is 7.99. The molecule has 0 aliphatic carbocycles. The summed E-state index contributed by atoms with van der Waals surface area (Å²) in [5, 5.41) is 14.5. The molecule has 20 heavy (non-hydrogen) atoms. The van der Waals surface area contributed by atoms with E-state index in [0.29, 0.717) is 21.3 Å². The topological polar surface area (TPSA) is 50.9 Å². The van der Waals surface area contributed by atoms with E-state index < -0.39 is 11.7 Å². The van der Waals surface area contributed by atoms with E-state index in [1.54, 1.807) is 18.7 Å². The maximum absolute atomic E-state index is 12.4. The van der Waals surface area contributed by atoms with Crippen molar-refractivity contribution in [3.63, 3.8) is 0 Å². The largest absolute Gasteiger partial charge is 0.417 e. The molecule has 1 N–H and O–H groups in total. The van der Waals surface area contributed by atoms with Crippen LogP contribution in [0.15, 0.2) is 28.4 Å². The van der Waals surface area contributed by atoms with Gasteiger partial charge in [0.25, 0.3) is 0 Å². The Morgan fingerprint density at radius 2 is 2.05 bits per heavy atom. The smallest absolute Gasteiger partial charge is 0.392 e. The number of nitrogens with zero attached hydrogens (tertiary/aromatic N) is 3. The Kier molecular flexibility index (Phi) is 4.05. The summed E-state index contributed by atoms with van der Waals surface area (Å²) in [5.41, 5.74) is 0.550. The van der Waals surface area contributed by atoms with Crippen molar-refractivity contribution >= 4 is 11.8 Å². The second-order valence-corrected chi connectivity index (χ2v) is 5.14. The highest BCUT2D eigenvalue weighted by Crippen LogP contribution is 2.33. The fourth-order valence-corrected chi connectivity index (χ4v) is 2.65. The van der Waals surface area contributed by atoms with Gasteiger partial charge in [-0.05, 0) is 19.1 Å². The number of pyridine rings is 1. The minimum Gasteiger partial charge on any atom is -0.392 e. The van der Waals surface area contributed by atoms with Crippen LogP contribution in [0.2, 0.25) is 0 Å². The lowest BCUT2D eigenvalue weighted by molar-refractivity contribution is -0.137. The number of alkyl halides is 3. The Balaban J connectivity index is 2.27. The normalized spacial score (nSPS) is 11.9. The molecular weight excluding hydrogens is 291 g/mol. The van der Waals surface area contributed by atoms with Crippen LogP contribution < -0.4 is 0 Å². The van der Waals surface area contributed by atoms with E-state index in [1.165, 1.54) is 17.8 Å². The Morgan fingerprint density at radius 3 is 2.55 bits per heavy atom. The minimum absolute atomic E-state index is 0.178. The molecule has 2 rings (SSSR count). The zero-order valence-corrected chi connectivity index (χ0v) is 11.6. The molecule has 0 aliphatic heterocycles. The van der Waals surface area contributed by atoms with E-state index in [4.69, 9.17) is 0 Å². The van der Waals surface area contributed by atoms with E-state index in [-0.39, 0.29) is 6.61 Å². The van der Waals surface area contributed by atoms with Crippen LogP contribution in [0.4, 0.5) is 13.2 Å². The first-order valence-corrected chi connectivity index (χ1v) is 6.49. The molecule has 108 valence electrons. The molecule has 0 amide bonds. The molecule has 0 aromatic carbocycles. The molecule has 2 aromatic rings. The summed E-state index contributed by atoms with van der Waals surface area (Å²) in [6.07, 6.45) is -3.60. The number of aliphatic hydroxyl groups is 1. The molecule has 0 spiro atoms. The number of aromatic nitrogens is 3. The summed E-state index contributed by atoms with van der Waals surface area (Å²) in [6.45, 7) is 1.58. The third-order valence-electron chi connectivity index (χ3n) is 2.71. The van der Waals surface area contributed by atoms with E-state index in [1.807, 2.05) is 0 Å². The Hall–Kier alpha value is -1.54. The summed E-state index contributed by atoms with van der Waals surface area (Å²) >= 11 is 1.17. The van der Waals surface area contributed by atoms with Gasteiger partial charge in [-0.2, -0.15) is 18.3 Å². The zero-order chi connectivity index (χ0) is 14.9. The molecule has 4 nitrogen and oxygen atoms in total. The number of aryl methyl sites for hydroxylation is 2. The Morgan fingerprint density at radius 1 is 1.35 bits per heavy atom. The molecule has 0 saturated heterocycles. The first-order valence-electron chi connectivity index (χ1n) is 5.67. The summed E-state index contributed by atoms with van der Waals surface area (Å²) in [7, 11) is 1.71. The summed E-state index contributed by atoms with van der Waals surface area (Å²) in [5.74, 6) is 0. The van der Waals surface area contributed by atoms with Crippen molar-refractivity contribution in [2.45, 2.75) is 29.8 Å². The number of aliphatic hydroxyl groups excluding tert-OH is 1. The van der Waals surface area contributed by atoms with Gasteiger partial charge in [-0.1, -0.05) is 11.8 Å². The maximum atomic E-state index is 12.4. The molecule has 0 saturated carbocycles. The fourth-order valence-electron chi connectivity index (χ4n) is 1.70. The zero-order valence-electron chi connectivity index (χ0n) is 10.8. The number of hydrogen-bond acceptors (Lipinski definition) is 4. The Bertz CT molecular complexity index is 608. The summed E-state index contributed by atoms with van der Waals surface area (Å²) in [6, 6.07) is 2.29. The number of rotatable bonds is 3. The molecule has 0 atom stereocenters. The summed E-state index contributed by atoms with van der Waals surface area (Å²) in [4.78, 5) is 3.79. The highest BCUT2D eigenvalue weighted by atomic mass is 32.2. The molecule has 0 aliphatic rings. The Labute approximate surface area is 117 Å². The molecule has 0 bridgehead atoms. The van der Waals surface area contributed by atoms with Crippen molar-refractivity contribution in [2.24, 2.45) is 7.05 Å². The average Bonchev–Trinajstić information content (AvgIpc) is 2.63. The molecule has 2 heterocycles. The van der Waals surface area contributed by atoms with Gasteiger partial charge in [0.05, 0.1) is 17.9 Å². The second kappa shape index (κ2) is 5.45. The molecular formula is C12H12F3N3OS. The minimum atomic E-state index is -4.39. The lowest BCUT2D eigenvalue weighted by Gasteiger charge is -2.07. The average molecular weight is 303 g/mol. The summed E-state index contributed by atoms with van der Waals surface area (Å²) < 4.78 is 38.9. The molecule has 0 fully saturated rings. The molecule has 2 aromatic heterocycles. The van der Waals surface area contributed by atoms with Crippen molar-refractivity contribution in [3.05, 3.63) is 35.2 Å². The van der Waals surface area contributed by atoms with Crippen LogP contribution in [-0.4, -0.2) is 19.9 Å². The number of hydrogen-bond donors (Lipinski definition) is 1. The van der Waals surface area contributed by atoms with Crippen LogP contribution in [0.25, 0.3) is 0 Å². The van der Waals surface area contributed by atoms with Gasteiger partial charge in [0, 0.05) is 18.8 Å². The van der Waals surface area contributed by atoms with Crippen LogP contribution in [0, 0.1) is 6.92 Å². The highest BCUT2D eigenvalue weighted by Gasteiger charge is 2.30. The molecule has 8 heteroatoms. The third-order valence-corrected chi connectivity index (χ3v) is 3.87. The third kappa shape index (κ3) is 2.96. The number of halogens is 3. The lowest BCUT2D eigenvalue weighted by atomic mass is 10.3. The van der Waals surface area contributed by atoms with Crippen molar-refractivity contribution in [2.75, 3.05) is 0 Å². The predicted molar refractivity (Wildman–Crippen MR) is 67.2 cm³/mol. The van der Waals surface area contributed by atoms with Gasteiger partial charge in [-0.15, -0.1) is 0 Å². The van der Waals surface area contributed by atoms with Crippen LogP contribution in [0.5, 0.6) is 0 Å². The predicted octanol–water partition coefficient (Wildman–Crippen LogP) is 2.79. The van der Waals surface area contributed by atoms with Gasteiger partial charge >= 0.3 is 6.18 Å². The van der Waals surface area contributed by atoms with Gasteiger partial charge < -0.3 is 5.11 Å². The van der Waals surface area contributed by atoms with E-state index in [9.17, 15) is 18.3 Å². The SMILES string of the molecule is Cc1nn(C)c(Sc2ccc(C(F)(F)F)cn2)c1CO. The quantitative estimate of drug-likeness (QED) is 0.947. The van der Waals surface area contributed by atoms with Gasteiger partial charge in [-0.3, -0.25) is 4.68 Å². The van der Waals surface area contributed by atoms with Gasteiger partial charge in [0.1, 0.15) is 10.1 Å². The van der Waals surface area contributed by atoms with Crippen molar-refractivity contribution in [1.29, 1.82) is 0 Å². The lowest BCUT2D eigenvalue weighted by Crippen LogP contribution is -2.05. The first-order chi connectivity index (χ1) is 9.32. The molecule has 0 unspecified atom stereocenters. The molecule has 0 radical (unpaired) electrons. The van der Waals surface area contributed by atoms with Gasteiger partial charge in [-0.25, -0.2) is 4.98 Å². The first kappa shape index (κ1) is 14.9. The van der Waals surface area contributed by atoms with E-state index in [0.717, 1.165) is 12.3 Å². The second-order valence-electron chi connectivity index (χ2n) is 4.14. The van der Waals surface area contributed by atoms with Crippen LogP contribution in [-0.2, 0) is 19.8 Å². The monoisotopic (exact) mass is 303 g/mol.